The minimum atomic E-state index is -0.292. The largest absolute Gasteiger partial charge is 0.394 e. The van der Waals surface area contributed by atoms with Crippen molar-refractivity contribution in [3.05, 3.63) is 0 Å². The van der Waals surface area contributed by atoms with Crippen molar-refractivity contribution in [2.75, 3.05) is 26.4 Å². The number of hydrogen-bond acceptors (Lipinski definition) is 4. The molecule has 5 heteroatoms. The second-order valence-electron chi connectivity index (χ2n) is 2.56. The SMILES string of the molecule is CC(=O)CC(=O)NCCOCCO. The number of carbonyl (C=O) groups is 2. The lowest BCUT2D eigenvalue weighted by Gasteiger charge is -2.03. The molecule has 13 heavy (non-hydrogen) atoms. The molecule has 76 valence electrons. The lowest BCUT2D eigenvalue weighted by Crippen LogP contribution is -2.28. The number of ether oxygens (including phenoxy) is 1. The molecule has 0 radical (unpaired) electrons. The van der Waals surface area contributed by atoms with Crippen LogP contribution in [-0.4, -0.2) is 43.2 Å². The molecular formula is C8H15NO4. The number of rotatable bonds is 7. The summed E-state index contributed by atoms with van der Waals surface area (Å²) in [6.45, 7) is 2.32. The van der Waals surface area contributed by atoms with E-state index < -0.39 is 0 Å². The van der Waals surface area contributed by atoms with Crippen LogP contribution < -0.4 is 5.32 Å². The quantitative estimate of drug-likeness (QED) is 0.401. The topological polar surface area (TPSA) is 75.6 Å². The minimum absolute atomic E-state index is 0.0264. The van der Waals surface area contributed by atoms with Gasteiger partial charge < -0.3 is 15.2 Å². The van der Waals surface area contributed by atoms with E-state index in [1.54, 1.807) is 0 Å². The van der Waals surface area contributed by atoms with Gasteiger partial charge in [0, 0.05) is 6.54 Å². The molecule has 0 aliphatic carbocycles. The van der Waals surface area contributed by atoms with E-state index in [-0.39, 0.29) is 31.3 Å². The monoisotopic (exact) mass is 189 g/mol. The maximum absolute atomic E-state index is 10.8. The van der Waals surface area contributed by atoms with Gasteiger partial charge in [-0.25, -0.2) is 0 Å². The Morgan fingerprint density at radius 3 is 2.62 bits per heavy atom. The van der Waals surface area contributed by atoms with Crippen molar-refractivity contribution in [3.63, 3.8) is 0 Å². The molecule has 0 spiro atoms. The van der Waals surface area contributed by atoms with Gasteiger partial charge in [0.1, 0.15) is 5.78 Å². The van der Waals surface area contributed by atoms with Gasteiger partial charge in [-0.3, -0.25) is 9.59 Å². The Morgan fingerprint density at radius 2 is 2.08 bits per heavy atom. The summed E-state index contributed by atoms with van der Waals surface area (Å²) in [7, 11) is 0. The van der Waals surface area contributed by atoms with E-state index in [1.807, 2.05) is 0 Å². The molecule has 2 N–H and O–H groups in total. The Hall–Kier alpha value is -0.940. The number of Topliss-reactive ketones (excluding diaryl/α,β-unsaturated/α-hetero) is 1. The zero-order chi connectivity index (χ0) is 10.1. The summed E-state index contributed by atoms with van der Waals surface area (Å²) in [5.41, 5.74) is 0. The standard InChI is InChI=1S/C8H15NO4/c1-7(11)6-8(12)9-2-4-13-5-3-10/h10H,2-6H2,1H3,(H,9,12). The highest BCUT2D eigenvalue weighted by atomic mass is 16.5. The van der Waals surface area contributed by atoms with Crippen LogP contribution in [-0.2, 0) is 14.3 Å². The maximum atomic E-state index is 10.8. The van der Waals surface area contributed by atoms with Gasteiger partial charge in [0.15, 0.2) is 0 Å². The lowest BCUT2D eigenvalue weighted by molar-refractivity contribution is -0.127. The normalized spacial score (nSPS) is 9.69. The first-order valence-electron chi connectivity index (χ1n) is 4.11. The second kappa shape index (κ2) is 7.70. The zero-order valence-electron chi connectivity index (χ0n) is 7.71. The first-order chi connectivity index (χ1) is 6.16. The van der Waals surface area contributed by atoms with Crippen LogP contribution in [0.5, 0.6) is 0 Å². The minimum Gasteiger partial charge on any atom is -0.394 e. The number of amides is 1. The summed E-state index contributed by atoms with van der Waals surface area (Å²) in [5.74, 6) is -0.450. The summed E-state index contributed by atoms with van der Waals surface area (Å²) in [6.07, 6.45) is -0.0833. The van der Waals surface area contributed by atoms with Crippen molar-refractivity contribution in [1.82, 2.24) is 5.32 Å². The number of hydrogen-bond donors (Lipinski definition) is 2. The molecular weight excluding hydrogens is 174 g/mol. The number of nitrogens with one attached hydrogen (secondary N) is 1. The molecule has 5 nitrogen and oxygen atoms in total. The number of aliphatic hydroxyl groups is 1. The highest BCUT2D eigenvalue weighted by Crippen LogP contribution is 1.81. The summed E-state index contributed by atoms with van der Waals surface area (Å²) >= 11 is 0. The Kier molecular flexibility index (Phi) is 7.14. The fourth-order valence-electron chi connectivity index (χ4n) is 0.718. The van der Waals surface area contributed by atoms with Gasteiger partial charge in [0.2, 0.25) is 5.91 Å². The van der Waals surface area contributed by atoms with Crippen molar-refractivity contribution in [2.45, 2.75) is 13.3 Å². The third-order valence-corrected chi connectivity index (χ3v) is 1.21. The van der Waals surface area contributed by atoms with Crippen molar-refractivity contribution in [3.8, 4) is 0 Å². The molecule has 0 unspecified atom stereocenters. The van der Waals surface area contributed by atoms with E-state index in [4.69, 9.17) is 9.84 Å². The van der Waals surface area contributed by atoms with E-state index in [0.717, 1.165) is 0 Å². The molecule has 0 saturated carbocycles. The van der Waals surface area contributed by atoms with Crippen LogP contribution in [0, 0.1) is 0 Å². The van der Waals surface area contributed by atoms with Gasteiger partial charge in [-0.2, -0.15) is 0 Å². The molecule has 0 aromatic carbocycles. The highest BCUT2D eigenvalue weighted by molar-refractivity contribution is 5.96. The predicted molar refractivity (Wildman–Crippen MR) is 46.2 cm³/mol. The first kappa shape index (κ1) is 12.1. The molecule has 0 aliphatic rings. The average molecular weight is 189 g/mol. The van der Waals surface area contributed by atoms with E-state index >= 15 is 0 Å². The molecule has 0 fully saturated rings. The zero-order valence-corrected chi connectivity index (χ0v) is 7.71. The van der Waals surface area contributed by atoms with Gasteiger partial charge in [0.25, 0.3) is 0 Å². The molecule has 0 heterocycles. The summed E-state index contributed by atoms with van der Waals surface area (Å²) < 4.78 is 4.89. The van der Waals surface area contributed by atoms with Crippen molar-refractivity contribution >= 4 is 11.7 Å². The van der Waals surface area contributed by atoms with Crippen LogP contribution in [0.3, 0.4) is 0 Å². The second-order valence-corrected chi connectivity index (χ2v) is 2.56. The lowest BCUT2D eigenvalue weighted by atomic mass is 10.3. The van der Waals surface area contributed by atoms with Crippen molar-refractivity contribution in [1.29, 1.82) is 0 Å². The molecule has 0 aromatic rings. The van der Waals surface area contributed by atoms with Gasteiger partial charge >= 0.3 is 0 Å². The Balaban J connectivity index is 3.22. The number of aliphatic hydroxyl groups excluding tert-OH is 1. The van der Waals surface area contributed by atoms with Gasteiger partial charge in [-0.1, -0.05) is 0 Å². The first-order valence-corrected chi connectivity index (χ1v) is 4.11. The third-order valence-electron chi connectivity index (χ3n) is 1.21. The van der Waals surface area contributed by atoms with Crippen LogP contribution in [0.25, 0.3) is 0 Å². The molecule has 0 bridgehead atoms. The van der Waals surface area contributed by atoms with Crippen molar-refractivity contribution < 1.29 is 19.4 Å². The van der Waals surface area contributed by atoms with E-state index in [2.05, 4.69) is 5.32 Å². The van der Waals surface area contributed by atoms with E-state index in [1.165, 1.54) is 6.92 Å². The van der Waals surface area contributed by atoms with Gasteiger partial charge in [-0.15, -0.1) is 0 Å². The third kappa shape index (κ3) is 8.97. The Labute approximate surface area is 77.1 Å². The molecule has 0 rings (SSSR count). The Bertz CT molecular complexity index is 170. The molecule has 0 aromatic heterocycles. The number of ketones is 1. The molecule has 0 atom stereocenters. The van der Waals surface area contributed by atoms with Gasteiger partial charge in [0.05, 0.1) is 26.2 Å². The van der Waals surface area contributed by atoms with Crippen LogP contribution >= 0.6 is 0 Å². The average Bonchev–Trinajstić information content (AvgIpc) is 2.02. The summed E-state index contributed by atoms with van der Waals surface area (Å²) in [5, 5.41) is 10.8. The van der Waals surface area contributed by atoms with E-state index in [9.17, 15) is 9.59 Å². The maximum Gasteiger partial charge on any atom is 0.227 e. The smallest absolute Gasteiger partial charge is 0.227 e. The molecule has 0 aliphatic heterocycles. The Morgan fingerprint density at radius 1 is 1.38 bits per heavy atom. The van der Waals surface area contributed by atoms with Crippen LogP contribution in [0.15, 0.2) is 0 Å². The van der Waals surface area contributed by atoms with E-state index in [0.29, 0.717) is 13.2 Å². The summed E-state index contributed by atoms with van der Waals surface area (Å²) in [4.78, 5) is 21.3. The van der Waals surface area contributed by atoms with Crippen LogP contribution in [0.4, 0.5) is 0 Å². The predicted octanol–water partition coefficient (Wildman–Crippen LogP) is -0.909. The van der Waals surface area contributed by atoms with Crippen LogP contribution in [0.1, 0.15) is 13.3 Å². The van der Waals surface area contributed by atoms with Gasteiger partial charge in [-0.05, 0) is 6.92 Å². The highest BCUT2D eigenvalue weighted by Gasteiger charge is 2.02. The van der Waals surface area contributed by atoms with Crippen molar-refractivity contribution in [2.24, 2.45) is 0 Å². The number of carbonyl (C=O) groups excluding carboxylic acids is 2. The van der Waals surface area contributed by atoms with Crippen LogP contribution in [0.2, 0.25) is 0 Å². The fraction of sp³-hybridized carbons (Fsp3) is 0.750. The fourth-order valence-corrected chi connectivity index (χ4v) is 0.718. The molecule has 1 amide bonds. The molecule has 0 saturated heterocycles. The summed E-state index contributed by atoms with van der Waals surface area (Å²) in [6, 6.07) is 0.